The molecule has 0 spiro atoms. The van der Waals surface area contributed by atoms with Gasteiger partial charge in [0.25, 0.3) is 0 Å². The Labute approximate surface area is 132 Å². The van der Waals surface area contributed by atoms with Gasteiger partial charge in [0.2, 0.25) is 10.0 Å². The maximum absolute atomic E-state index is 12.6. The van der Waals surface area contributed by atoms with Crippen LogP contribution in [-0.2, 0) is 16.6 Å². The Morgan fingerprint density at radius 2 is 2.05 bits per heavy atom. The SMILES string of the molecule is Cc1nc(C)c(C(C)NS(=O)(=O)c2c(C)csc2CO)s1. The molecule has 2 N–H and O–H groups in total. The number of thiophene rings is 1. The van der Waals surface area contributed by atoms with E-state index >= 15 is 0 Å². The minimum absolute atomic E-state index is 0.195. The first-order valence-electron chi connectivity index (χ1n) is 6.40. The maximum atomic E-state index is 12.6. The molecule has 5 nitrogen and oxygen atoms in total. The molecule has 2 aromatic rings. The van der Waals surface area contributed by atoms with Crippen LogP contribution < -0.4 is 4.72 Å². The van der Waals surface area contributed by atoms with E-state index in [4.69, 9.17) is 0 Å². The zero-order valence-corrected chi connectivity index (χ0v) is 14.7. The molecular formula is C13H18N2O3S3. The summed E-state index contributed by atoms with van der Waals surface area (Å²) in [5, 5.41) is 12.0. The molecule has 0 fully saturated rings. The lowest BCUT2D eigenvalue weighted by Gasteiger charge is -2.14. The predicted molar refractivity (Wildman–Crippen MR) is 85.3 cm³/mol. The van der Waals surface area contributed by atoms with E-state index in [0.717, 1.165) is 15.6 Å². The number of nitrogens with one attached hydrogen (secondary N) is 1. The molecule has 0 radical (unpaired) electrons. The van der Waals surface area contributed by atoms with Crippen molar-refractivity contribution in [3.8, 4) is 0 Å². The zero-order chi connectivity index (χ0) is 15.8. The van der Waals surface area contributed by atoms with Crippen LogP contribution in [0.3, 0.4) is 0 Å². The number of sulfonamides is 1. The number of hydrogen-bond acceptors (Lipinski definition) is 6. The molecule has 116 valence electrons. The summed E-state index contributed by atoms with van der Waals surface area (Å²) in [4.78, 5) is 5.89. The lowest BCUT2D eigenvalue weighted by molar-refractivity contribution is 0.282. The molecule has 2 heterocycles. The van der Waals surface area contributed by atoms with Gasteiger partial charge in [0.15, 0.2) is 0 Å². The van der Waals surface area contributed by atoms with Crippen LogP contribution in [-0.4, -0.2) is 18.5 Å². The first-order chi connectivity index (χ1) is 9.76. The van der Waals surface area contributed by atoms with Crippen LogP contribution in [0.15, 0.2) is 10.3 Å². The van der Waals surface area contributed by atoms with Crippen molar-refractivity contribution in [1.82, 2.24) is 9.71 Å². The minimum atomic E-state index is -3.67. The summed E-state index contributed by atoms with van der Waals surface area (Å²) in [6.45, 7) is 7.03. The van der Waals surface area contributed by atoms with E-state index in [1.54, 1.807) is 19.2 Å². The Morgan fingerprint density at radius 3 is 2.57 bits per heavy atom. The molecule has 1 unspecified atom stereocenters. The number of hydrogen-bond donors (Lipinski definition) is 2. The summed E-state index contributed by atoms with van der Waals surface area (Å²) < 4.78 is 27.8. The second-order valence-corrected chi connectivity index (χ2v) is 8.70. The van der Waals surface area contributed by atoms with Crippen molar-refractivity contribution >= 4 is 32.7 Å². The Hall–Kier alpha value is -0.800. The van der Waals surface area contributed by atoms with Gasteiger partial charge in [-0.1, -0.05) is 0 Å². The minimum Gasteiger partial charge on any atom is -0.391 e. The summed E-state index contributed by atoms with van der Waals surface area (Å²) in [5.74, 6) is 0. The fourth-order valence-electron chi connectivity index (χ4n) is 2.25. The smallest absolute Gasteiger partial charge is 0.242 e. The van der Waals surface area contributed by atoms with Crippen molar-refractivity contribution in [2.24, 2.45) is 0 Å². The lowest BCUT2D eigenvalue weighted by atomic mass is 10.2. The molecule has 2 aromatic heterocycles. The van der Waals surface area contributed by atoms with Crippen LogP contribution in [0.2, 0.25) is 0 Å². The van der Waals surface area contributed by atoms with Crippen LogP contribution in [0.5, 0.6) is 0 Å². The van der Waals surface area contributed by atoms with E-state index < -0.39 is 10.0 Å². The Kier molecular flexibility index (Phi) is 4.84. The molecule has 2 rings (SSSR count). The number of nitrogens with zero attached hydrogens (tertiary/aromatic N) is 1. The Bertz CT molecular complexity index is 747. The first-order valence-corrected chi connectivity index (χ1v) is 9.58. The highest BCUT2D eigenvalue weighted by Crippen LogP contribution is 2.30. The maximum Gasteiger partial charge on any atom is 0.242 e. The molecule has 0 aliphatic rings. The van der Waals surface area contributed by atoms with E-state index in [0.29, 0.717) is 10.4 Å². The van der Waals surface area contributed by atoms with Crippen molar-refractivity contribution in [2.75, 3.05) is 0 Å². The van der Waals surface area contributed by atoms with Gasteiger partial charge in [-0.3, -0.25) is 0 Å². The highest BCUT2D eigenvalue weighted by Gasteiger charge is 2.26. The molecule has 0 saturated carbocycles. The van der Waals surface area contributed by atoms with E-state index in [2.05, 4.69) is 9.71 Å². The van der Waals surface area contributed by atoms with Crippen LogP contribution in [0.25, 0.3) is 0 Å². The molecular weight excluding hydrogens is 328 g/mol. The molecule has 0 aliphatic heterocycles. The van der Waals surface area contributed by atoms with Crippen molar-refractivity contribution in [1.29, 1.82) is 0 Å². The predicted octanol–water partition coefficient (Wildman–Crippen LogP) is 2.66. The molecule has 0 amide bonds. The number of rotatable bonds is 5. The fourth-order valence-corrected chi connectivity index (χ4v) is 6.13. The largest absolute Gasteiger partial charge is 0.391 e. The first kappa shape index (κ1) is 16.6. The average molecular weight is 346 g/mol. The number of aromatic nitrogens is 1. The summed E-state index contributed by atoms with van der Waals surface area (Å²) in [7, 11) is -3.67. The number of aryl methyl sites for hydroxylation is 3. The average Bonchev–Trinajstić information content (AvgIpc) is 2.91. The number of aliphatic hydroxyl groups is 1. The normalized spacial score (nSPS) is 13.6. The van der Waals surface area contributed by atoms with Crippen molar-refractivity contribution in [3.05, 3.63) is 31.4 Å². The standard InChI is InChI=1S/C13H18N2O3S3/c1-7-6-19-11(5-16)13(7)21(17,18)15-9(3)12-8(2)14-10(4)20-12/h6,9,15-16H,5H2,1-4H3. The van der Waals surface area contributed by atoms with Gasteiger partial charge in [-0.2, -0.15) is 0 Å². The molecule has 0 bridgehead atoms. The van der Waals surface area contributed by atoms with Gasteiger partial charge in [0.1, 0.15) is 4.90 Å². The Morgan fingerprint density at radius 1 is 1.38 bits per heavy atom. The fraction of sp³-hybridized carbons (Fsp3) is 0.462. The van der Waals surface area contributed by atoms with Crippen LogP contribution in [0.4, 0.5) is 0 Å². The molecule has 1 atom stereocenters. The topological polar surface area (TPSA) is 79.3 Å². The molecule has 21 heavy (non-hydrogen) atoms. The molecule has 8 heteroatoms. The summed E-state index contributed by atoms with van der Waals surface area (Å²) in [5.41, 5.74) is 1.50. The molecule has 0 saturated heterocycles. The van der Waals surface area contributed by atoms with Gasteiger partial charge in [-0.25, -0.2) is 18.1 Å². The zero-order valence-electron chi connectivity index (χ0n) is 12.3. The summed E-state index contributed by atoms with van der Waals surface area (Å²) in [6.07, 6.45) is 0. The van der Waals surface area contributed by atoms with E-state index in [-0.39, 0.29) is 17.5 Å². The van der Waals surface area contributed by atoms with Crippen molar-refractivity contribution < 1.29 is 13.5 Å². The van der Waals surface area contributed by atoms with Gasteiger partial charge in [-0.15, -0.1) is 22.7 Å². The van der Waals surface area contributed by atoms with Crippen LogP contribution >= 0.6 is 22.7 Å². The van der Waals surface area contributed by atoms with Crippen molar-refractivity contribution in [2.45, 2.75) is 45.2 Å². The number of thiazole rings is 1. The Balaban J connectivity index is 2.33. The van der Waals surface area contributed by atoms with Gasteiger partial charge >= 0.3 is 0 Å². The molecule has 0 aromatic carbocycles. The van der Waals surface area contributed by atoms with E-state index in [1.165, 1.54) is 22.7 Å². The van der Waals surface area contributed by atoms with E-state index in [9.17, 15) is 13.5 Å². The monoisotopic (exact) mass is 346 g/mol. The van der Waals surface area contributed by atoms with Gasteiger partial charge in [-0.05, 0) is 38.6 Å². The lowest BCUT2D eigenvalue weighted by Crippen LogP contribution is -2.27. The van der Waals surface area contributed by atoms with Crippen LogP contribution in [0, 0.1) is 20.8 Å². The second kappa shape index (κ2) is 6.13. The van der Waals surface area contributed by atoms with Crippen LogP contribution in [0.1, 0.15) is 39.0 Å². The van der Waals surface area contributed by atoms with Crippen molar-refractivity contribution in [3.63, 3.8) is 0 Å². The third-order valence-corrected chi connectivity index (χ3v) is 7.31. The number of aliphatic hydroxyl groups excluding tert-OH is 1. The summed E-state index contributed by atoms with van der Waals surface area (Å²) in [6, 6.07) is -0.355. The van der Waals surface area contributed by atoms with E-state index in [1.807, 2.05) is 13.8 Å². The third kappa shape index (κ3) is 3.35. The van der Waals surface area contributed by atoms with Gasteiger partial charge < -0.3 is 5.11 Å². The summed E-state index contributed by atoms with van der Waals surface area (Å²) >= 11 is 2.74. The third-order valence-electron chi connectivity index (χ3n) is 3.07. The quantitative estimate of drug-likeness (QED) is 0.872. The van der Waals surface area contributed by atoms with Gasteiger partial charge in [0, 0.05) is 4.88 Å². The highest BCUT2D eigenvalue weighted by atomic mass is 32.2. The molecule has 0 aliphatic carbocycles. The second-order valence-electron chi connectivity index (χ2n) is 4.85. The highest BCUT2D eigenvalue weighted by molar-refractivity contribution is 7.89. The van der Waals surface area contributed by atoms with Gasteiger partial charge in [0.05, 0.1) is 28.2 Å².